The molecule has 5 nitrogen and oxygen atoms in total. The van der Waals surface area contributed by atoms with Crippen molar-refractivity contribution >= 4 is 18.3 Å². The Balaban J connectivity index is 0.00000220. The summed E-state index contributed by atoms with van der Waals surface area (Å²) in [5.41, 5.74) is 6.30. The van der Waals surface area contributed by atoms with E-state index in [4.69, 9.17) is 15.2 Å². The van der Waals surface area contributed by atoms with Crippen molar-refractivity contribution in [2.45, 2.75) is 19.4 Å². The second-order valence-electron chi connectivity index (χ2n) is 5.25. The summed E-state index contributed by atoms with van der Waals surface area (Å²) in [6.07, 6.45) is 0.962. The van der Waals surface area contributed by atoms with E-state index in [0.717, 1.165) is 13.0 Å². The summed E-state index contributed by atoms with van der Waals surface area (Å²) in [6.45, 7) is 3.40. The molecule has 0 aromatic heterocycles. The predicted octanol–water partition coefficient (Wildman–Crippen LogP) is 1.93. The number of nitrogens with two attached hydrogens (primary N) is 1. The van der Waals surface area contributed by atoms with Crippen LogP contribution in [0.1, 0.15) is 23.7 Å². The molecule has 2 rings (SSSR count). The van der Waals surface area contributed by atoms with Gasteiger partial charge < -0.3 is 20.1 Å². The van der Waals surface area contributed by atoms with Crippen molar-refractivity contribution in [3.05, 3.63) is 23.8 Å². The molecule has 0 saturated carbocycles. The first-order valence-electron chi connectivity index (χ1n) is 6.83. The number of likely N-dealkylation sites (tertiary alicyclic amines) is 1. The quantitative estimate of drug-likeness (QED) is 0.922. The predicted molar refractivity (Wildman–Crippen MR) is 84.5 cm³/mol. The van der Waals surface area contributed by atoms with Crippen molar-refractivity contribution < 1.29 is 14.3 Å². The van der Waals surface area contributed by atoms with Gasteiger partial charge in [0, 0.05) is 24.2 Å². The average molecular weight is 315 g/mol. The van der Waals surface area contributed by atoms with Gasteiger partial charge in [0.05, 0.1) is 14.2 Å². The Morgan fingerprint density at radius 3 is 2.29 bits per heavy atom. The van der Waals surface area contributed by atoms with Gasteiger partial charge in [0.25, 0.3) is 5.91 Å². The molecule has 1 amide bonds. The molecule has 1 aromatic rings. The van der Waals surface area contributed by atoms with Crippen LogP contribution in [-0.4, -0.2) is 44.2 Å². The zero-order valence-corrected chi connectivity index (χ0v) is 13.5. The van der Waals surface area contributed by atoms with Crippen LogP contribution in [0.4, 0.5) is 0 Å². The maximum absolute atomic E-state index is 12.6. The molecule has 1 aromatic carbocycles. The number of hydrogen-bond acceptors (Lipinski definition) is 4. The number of halogens is 1. The van der Waals surface area contributed by atoms with Gasteiger partial charge in [0.2, 0.25) is 0 Å². The summed E-state index contributed by atoms with van der Waals surface area (Å²) in [5.74, 6) is 1.64. The Bertz CT molecular complexity index is 474. The summed E-state index contributed by atoms with van der Waals surface area (Å²) in [5, 5.41) is 0. The molecule has 0 aliphatic carbocycles. The third-order valence-electron chi connectivity index (χ3n) is 3.85. The fraction of sp³-hybridized carbons (Fsp3) is 0.533. The van der Waals surface area contributed by atoms with Crippen LogP contribution in [0, 0.1) is 5.92 Å². The van der Waals surface area contributed by atoms with E-state index < -0.39 is 0 Å². The summed E-state index contributed by atoms with van der Waals surface area (Å²) >= 11 is 0. The maximum Gasteiger partial charge on any atom is 0.254 e. The van der Waals surface area contributed by atoms with Crippen molar-refractivity contribution in [3.8, 4) is 11.5 Å². The lowest BCUT2D eigenvalue weighted by Crippen LogP contribution is -2.34. The number of carbonyl (C=O) groups is 1. The molecule has 6 heteroatoms. The fourth-order valence-corrected chi connectivity index (χ4v) is 2.69. The minimum atomic E-state index is 0. The van der Waals surface area contributed by atoms with Crippen LogP contribution in [0.5, 0.6) is 11.5 Å². The van der Waals surface area contributed by atoms with Gasteiger partial charge in [-0.3, -0.25) is 4.79 Å². The van der Waals surface area contributed by atoms with Crippen LogP contribution >= 0.6 is 12.4 Å². The van der Waals surface area contributed by atoms with Gasteiger partial charge in [0.1, 0.15) is 11.5 Å². The number of hydrogen-bond donors (Lipinski definition) is 1. The number of carbonyl (C=O) groups excluding carboxylic acids is 1. The average Bonchev–Trinajstić information content (AvgIpc) is 2.86. The SMILES string of the molecule is COc1cc(OC)cc(C(=O)N2CC(CN)CC2C)c1.Cl. The highest BCUT2D eigenvalue weighted by molar-refractivity contribution is 5.95. The smallest absolute Gasteiger partial charge is 0.254 e. The molecule has 1 saturated heterocycles. The van der Waals surface area contributed by atoms with E-state index in [1.165, 1.54) is 0 Å². The van der Waals surface area contributed by atoms with E-state index in [9.17, 15) is 4.79 Å². The Hall–Kier alpha value is -1.46. The second kappa shape index (κ2) is 7.52. The first-order chi connectivity index (χ1) is 9.58. The highest BCUT2D eigenvalue weighted by atomic mass is 35.5. The molecule has 2 N–H and O–H groups in total. The van der Waals surface area contributed by atoms with Gasteiger partial charge in [-0.25, -0.2) is 0 Å². The fourth-order valence-electron chi connectivity index (χ4n) is 2.69. The van der Waals surface area contributed by atoms with Gasteiger partial charge in [-0.15, -0.1) is 12.4 Å². The molecule has 118 valence electrons. The van der Waals surface area contributed by atoms with Crippen LogP contribution in [0.3, 0.4) is 0 Å². The Kier molecular flexibility index (Phi) is 6.30. The molecule has 21 heavy (non-hydrogen) atoms. The van der Waals surface area contributed by atoms with Crippen molar-refractivity contribution in [2.24, 2.45) is 11.7 Å². The second-order valence-corrected chi connectivity index (χ2v) is 5.25. The Morgan fingerprint density at radius 2 is 1.86 bits per heavy atom. The summed E-state index contributed by atoms with van der Waals surface area (Å²) in [7, 11) is 3.15. The first kappa shape index (κ1) is 17.6. The molecule has 0 bridgehead atoms. The molecular weight excluding hydrogens is 292 g/mol. The number of methoxy groups -OCH3 is 2. The molecule has 0 radical (unpaired) electrons. The maximum atomic E-state index is 12.6. The number of nitrogens with zero attached hydrogens (tertiary/aromatic N) is 1. The number of rotatable bonds is 4. The minimum absolute atomic E-state index is 0. The van der Waals surface area contributed by atoms with Crippen LogP contribution in [-0.2, 0) is 0 Å². The van der Waals surface area contributed by atoms with E-state index in [1.807, 2.05) is 4.90 Å². The highest BCUT2D eigenvalue weighted by Crippen LogP contribution is 2.27. The van der Waals surface area contributed by atoms with E-state index in [2.05, 4.69) is 6.92 Å². The lowest BCUT2D eigenvalue weighted by molar-refractivity contribution is 0.0742. The van der Waals surface area contributed by atoms with Crippen LogP contribution in [0.15, 0.2) is 18.2 Å². The first-order valence-corrected chi connectivity index (χ1v) is 6.83. The number of benzene rings is 1. The molecule has 0 spiro atoms. The van der Waals surface area contributed by atoms with Crippen molar-refractivity contribution in [2.75, 3.05) is 27.3 Å². The lowest BCUT2D eigenvalue weighted by Gasteiger charge is -2.22. The normalized spacial score (nSPS) is 20.9. The topological polar surface area (TPSA) is 64.8 Å². The molecule has 1 fully saturated rings. The number of ether oxygens (including phenoxy) is 2. The molecular formula is C15H23ClN2O3. The molecule has 2 atom stereocenters. The summed E-state index contributed by atoms with van der Waals surface area (Å²) in [4.78, 5) is 14.5. The third-order valence-corrected chi connectivity index (χ3v) is 3.85. The molecule has 2 unspecified atom stereocenters. The summed E-state index contributed by atoms with van der Waals surface area (Å²) < 4.78 is 10.4. The van der Waals surface area contributed by atoms with Gasteiger partial charge >= 0.3 is 0 Å². The van der Waals surface area contributed by atoms with E-state index in [0.29, 0.717) is 29.5 Å². The van der Waals surface area contributed by atoms with E-state index in [-0.39, 0.29) is 24.4 Å². The van der Waals surface area contributed by atoms with Crippen LogP contribution in [0.2, 0.25) is 0 Å². The third kappa shape index (κ3) is 3.80. The minimum Gasteiger partial charge on any atom is -0.497 e. The van der Waals surface area contributed by atoms with Crippen LogP contribution in [0.25, 0.3) is 0 Å². The molecule has 1 heterocycles. The molecule has 1 aliphatic heterocycles. The standard InChI is InChI=1S/C15H22N2O3.ClH/c1-10-4-11(8-16)9-17(10)15(18)12-5-13(19-2)7-14(6-12)20-3;/h5-7,10-11H,4,8-9,16H2,1-3H3;1H. The van der Waals surface area contributed by atoms with E-state index >= 15 is 0 Å². The molecule has 1 aliphatic rings. The zero-order valence-electron chi connectivity index (χ0n) is 12.7. The van der Waals surface area contributed by atoms with Crippen molar-refractivity contribution in [1.82, 2.24) is 4.90 Å². The monoisotopic (exact) mass is 314 g/mol. The largest absolute Gasteiger partial charge is 0.497 e. The van der Waals surface area contributed by atoms with Crippen molar-refractivity contribution in [1.29, 1.82) is 0 Å². The highest BCUT2D eigenvalue weighted by Gasteiger charge is 2.32. The van der Waals surface area contributed by atoms with Gasteiger partial charge in [-0.05, 0) is 37.9 Å². The Morgan fingerprint density at radius 1 is 1.29 bits per heavy atom. The zero-order chi connectivity index (χ0) is 14.7. The van der Waals surface area contributed by atoms with Gasteiger partial charge in [-0.1, -0.05) is 0 Å². The van der Waals surface area contributed by atoms with Crippen molar-refractivity contribution in [3.63, 3.8) is 0 Å². The van der Waals surface area contributed by atoms with Gasteiger partial charge in [-0.2, -0.15) is 0 Å². The van der Waals surface area contributed by atoms with E-state index in [1.54, 1.807) is 32.4 Å². The lowest BCUT2D eigenvalue weighted by atomic mass is 10.1. The van der Waals surface area contributed by atoms with Crippen LogP contribution < -0.4 is 15.2 Å². The summed E-state index contributed by atoms with van der Waals surface area (Å²) in [6, 6.07) is 5.46. The van der Waals surface area contributed by atoms with Gasteiger partial charge in [0.15, 0.2) is 0 Å². The Labute approximate surface area is 131 Å². The number of amides is 1.